The van der Waals surface area contributed by atoms with E-state index in [1.165, 1.54) is 18.6 Å². The Kier molecular flexibility index (Phi) is 3.58. The van der Waals surface area contributed by atoms with E-state index in [4.69, 9.17) is 4.84 Å². The van der Waals surface area contributed by atoms with Gasteiger partial charge in [0.25, 0.3) is 5.69 Å². The molecule has 5 nitrogen and oxygen atoms in total. The van der Waals surface area contributed by atoms with Gasteiger partial charge in [-0.1, -0.05) is 6.42 Å². The number of rotatable bonds is 3. The SMILES string of the molecule is CC1CCCCN1Oc1ccc([N+](=O)[O-])cc1. The number of hydroxylamine groups is 2. The Morgan fingerprint density at radius 1 is 1.35 bits per heavy atom. The van der Waals surface area contributed by atoms with Gasteiger partial charge in [-0.25, -0.2) is 0 Å². The van der Waals surface area contributed by atoms with E-state index in [9.17, 15) is 10.1 Å². The number of nitrogens with zero attached hydrogens (tertiary/aromatic N) is 2. The predicted molar refractivity (Wildman–Crippen MR) is 63.7 cm³/mol. The highest BCUT2D eigenvalue weighted by atomic mass is 16.7. The molecule has 0 aliphatic carbocycles. The molecule has 0 bridgehead atoms. The van der Waals surface area contributed by atoms with E-state index in [1.54, 1.807) is 12.1 Å². The highest BCUT2D eigenvalue weighted by molar-refractivity contribution is 5.35. The standard InChI is InChI=1S/C12H16N2O3/c1-10-4-2-3-9-13(10)17-12-7-5-11(6-8-12)14(15)16/h5-8,10H,2-4,9H2,1H3. The number of hydrogen-bond donors (Lipinski definition) is 0. The number of hydrogen-bond acceptors (Lipinski definition) is 4. The molecular weight excluding hydrogens is 220 g/mol. The summed E-state index contributed by atoms with van der Waals surface area (Å²) in [5.74, 6) is 0.657. The molecule has 0 amide bonds. The van der Waals surface area contributed by atoms with Gasteiger partial charge < -0.3 is 4.84 Å². The molecule has 0 radical (unpaired) electrons. The molecule has 1 aliphatic heterocycles. The van der Waals surface area contributed by atoms with Crippen LogP contribution < -0.4 is 4.84 Å². The van der Waals surface area contributed by atoms with Crippen molar-refractivity contribution in [1.82, 2.24) is 5.06 Å². The molecule has 1 aromatic rings. The Morgan fingerprint density at radius 2 is 2.06 bits per heavy atom. The van der Waals surface area contributed by atoms with Crippen molar-refractivity contribution in [2.24, 2.45) is 0 Å². The van der Waals surface area contributed by atoms with Gasteiger partial charge in [0.15, 0.2) is 0 Å². The van der Waals surface area contributed by atoms with Gasteiger partial charge in [0.2, 0.25) is 0 Å². The summed E-state index contributed by atoms with van der Waals surface area (Å²) in [4.78, 5) is 15.8. The van der Waals surface area contributed by atoms with Crippen molar-refractivity contribution < 1.29 is 9.76 Å². The molecule has 0 N–H and O–H groups in total. The van der Waals surface area contributed by atoms with Gasteiger partial charge in [-0.2, -0.15) is 0 Å². The number of non-ortho nitro benzene ring substituents is 1. The fourth-order valence-corrected chi connectivity index (χ4v) is 1.97. The summed E-state index contributed by atoms with van der Waals surface area (Å²) >= 11 is 0. The van der Waals surface area contributed by atoms with Crippen molar-refractivity contribution in [2.75, 3.05) is 6.54 Å². The van der Waals surface area contributed by atoms with Crippen molar-refractivity contribution in [1.29, 1.82) is 0 Å². The van der Waals surface area contributed by atoms with Crippen molar-refractivity contribution in [3.63, 3.8) is 0 Å². The molecule has 0 aromatic heterocycles. The highest BCUT2D eigenvalue weighted by Crippen LogP contribution is 2.22. The first kappa shape index (κ1) is 11.9. The lowest BCUT2D eigenvalue weighted by Gasteiger charge is -2.32. The van der Waals surface area contributed by atoms with E-state index >= 15 is 0 Å². The van der Waals surface area contributed by atoms with Gasteiger partial charge in [0, 0.05) is 24.7 Å². The summed E-state index contributed by atoms with van der Waals surface area (Å²) < 4.78 is 0. The Bertz CT molecular complexity index is 391. The van der Waals surface area contributed by atoms with E-state index in [2.05, 4.69) is 6.92 Å². The monoisotopic (exact) mass is 236 g/mol. The summed E-state index contributed by atoms with van der Waals surface area (Å²) in [7, 11) is 0. The van der Waals surface area contributed by atoms with Crippen LogP contribution in [-0.2, 0) is 0 Å². The normalized spacial score (nSPS) is 21.1. The first-order valence-corrected chi connectivity index (χ1v) is 5.86. The maximum Gasteiger partial charge on any atom is 0.269 e. The minimum absolute atomic E-state index is 0.0871. The van der Waals surface area contributed by atoms with Crippen molar-refractivity contribution in [3.8, 4) is 5.75 Å². The van der Waals surface area contributed by atoms with Crippen LogP contribution in [0.25, 0.3) is 0 Å². The molecule has 0 saturated carbocycles. The Hall–Kier alpha value is -1.62. The summed E-state index contributed by atoms with van der Waals surface area (Å²) in [6.45, 7) is 3.04. The van der Waals surface area contributed by atoms with Crippen LogP contribution in [0.5, 0.6) is 5.75 Å². The summed E-state index contributed by atoms with van der Waals surface area (Å²) in [5, 5.41) is 12.5. The second kappa shape index (κ2) is 5.14. The van der Waals surface area contributed by atoms with Gasteiger partial charge in [-0.15, -0.1) is 5.06 Å². The number of nitro benzene ring substituents is 1. The topological polar surface area (TPSA) is 55.6 Å². The molecule has 1 aromatic carbocycles. The molecular formula is C12H16N2O3. The quantitative estimate of drug-likeness (QED) is 0.598. The van der Waals surface area contributed by atoms with E-state index in [1.807, 2.05) is 5.06 Å². The molecule has 1 saturated heterocycles. The first-order chi connectivity index (χ1) is 8.16. The lowest BCUT2D eigenvalue weighted by atomic mass is 10.1. The van der Waals surface area contributed by atoms with Gasteiger partial charge >= 0.3 is 0 Å². The Morgan fingerprint density at radius 3 is 2.65 bits per heavy atom. The van der Waals surface area contributed by atoms with E-state index in [-0.39, 0.29) is 5.69 Å². The Balaban J connectivity index is 2.00. The summed E-state index contributed by atoms with van der Waals surface area (Å²) in [6, 6.07) is 6.60. The van der Waals surface area contributed by atoms with Gasteiger partial charge in [-0.05, 0) is 31.9 Å². The van der Waals surface area contributed by atoms with Crippen molar-refractivity contribution in [3.05, 3.63) is 34.4 Å². The molecule has 1 unspecified atom stereocenters. The smallest absolute Gasteiger partial charge is 0.269 e. The zero-order chi connectivity index (χ0) is 12.3. The minimum atomic E-state index is -0.409. The van der Waals surface area contributed by atoms with Crippen LogP contribution in [0.15, 0.2) is 24.3 Å². The minimum Gasteiger partial charge on any atom is -0.406 e. The molecule has 0 spiro atoms. The third kappa shape index (κ3) is 2.94. The number of piperidine rings is 1. The second-order valence-corrected chi connectivity index (χ2v) is 4.33. The van der Waals surface area contributed by atoms with Crippen molar-refractivity contribution in [2.45, 2.75) is 32.2 Å². The molecule has 5 heteroatoms. The number of nitro groups is 1. The molecule has 2 rings (SSSR count). The molecule has 1 fully saturated rings. The second-order valence-electron chi connectivity index (χ2n) is 4.33. The maximum absolute atomic E-state index is 10.5. The fourth-order valence-electron chi connectivity index (χ4n) is 1.97. The molecule has 92 valence electrons. The average molecular weight is 236 g/mol. The van der Waals surface area contributed by atoms with Gasteiger partial charge in [0.1, 0.15) is 5.75 Å². The third-order valence-corrected chi connectivity index (χ3v) is 3.01. The molecule has 17 heavy (non-hydrogen) atoms. The third-order valence-electron chi connectivity index (χ3n) is 3.01. The summed E-state index contributed by atoms with van der Waals surface area (Å²) in [6.07, 6.45) is 3.51. The largest absolute Gasteiger partial charge is 0.406 e. The number of benzene rings is 1. The fraction of sp³-hybridized carbons (Fsp3) is 0.500. The summed E-state index contributed by atoms with van der Waals surface area (Å²) in [5.41, 5.74) is 0.0871. The zero-order valence-electron chi connectivity index (χ0n) is 9.83. The van der Waals surface area contributed by atoms with E-state index in [0.717, 1.165) is 19.4 Å². The first-order valence-electron chi connectivity index (χ1n) is 5.86. The Labute approximate surface area is 100 Å². The molecule has 1 aliphatic rings. The molecule has 1 heterocycles. The van der Waals surface area contributed by atoms with Crippen LogP contribution >= 0.6 is 0 Å². The van der Waals surface area contributed by atoms with Crippen LogP contribution in [0, 0.1) is 10.1 Å². The lowest BCUT2D eigenvalue weighted by Crippen LogP contribution is -2.39. The molecule has 1 atom stereocenters. The van der Waals surface area contributed by atoms with E-state index in [0.29, 0.717) is 11.8 Å². The maximum atomic E-state index is 10.5. The highest BCUT2D eigenvalue weighted by Gasteiger charge is 2.20. The van der Waals surface area contributed by atoms with Crippen LogP contribution in [0.2, 0.25) is 0 Å². The zero-order valence-corrected chi connectivity index (χ0v) is 9.83. The van der Waals surface area contributed by atoms with E-state index < -0.39 is 4.92 Å². The van der Waals surface area contributed by atoms with Crippen LogP contribution in [0.1, 0.15) is 26.2 Å². The van der Waals surface area contributed by atoms with Crippen molar-refractivity contribution >= 4 is 5.69 Å². The van der Waals surface area contributed by atoms with Crippen LogP contribution in [0.4, 0.5) is 5.69 Å². The van der Waals surface area contributed by atoms with Crippen LogP contribution in [0.3, 0.4) is 0 Å². The van der Waals surface area contributed by atoms with Gasteiger partial charge in [0.05, 0.1) is 4.92 Å². The lowest BCUT2D eigenvalue weighted by molar-refractivity contribution is -0.384. The van der Waals surface area contributed by atoms with Crippen LogP contribution in [-0.4, -0.2) is 22.6 Å². The van der Waals surface area contributed by atoms with Gasteiger partial charge in [-0.3, -0.25) is 10.1 Å². The average Bonchev–Trinajstić information content (AvgIpc) is 2.33. The predicted octanol–water partition coefficient (Wildman–Crippen LogP) is 2.76.